The standard InChI is InChI=1S/C17H22N4O3/c1-23-16-8-3-2-7-15(16)20-17(22)19-13-10-18-21(11-13)12-14-6-4-5-9-24-14/h2-3,7-8,10-11,14H,4-6,9,12H2,1H3,(H2,19,20,22). The molecule has 2 N–H and O–H groups in total. The van der Waals surface area contributed by atoms with Gasteiger partial charge in [0.2, 0.25) is 0 Å². The van der Waals surface area contributed by atoms with Gasteiger partial charge < -0.3 is 20.1 Å². The maximum Gasteiger partial charge on any atom is 0.323 e. The summed E-state index contributed by atoms with van der Waals surface area (Å²) >= 11 is 0. The minimum absolute atomic E-state index is 0.203. The summed E-state index contributed by atoms with van der Waals surface area (Å²) in [6, 6.07) is 6.91. The molecule has 1 atom stereocenters. The maximum atomic E-state index is 12.1. The largest absolute Gasteiger partial charge is 0.495 e. The lowest BCUT2D eigenvalue weighted by Crippen LogP contribution is -2.24. The van der Waals surface area contributed by atoms with Crippen LogP contribution in [0.5, 0.6) is 5.75 Å². The molecule has 7 nitrogen and oxygen atoms in total. The smallest absolute Gasteiger partial charge is 0.323 e. The lowest BCUT2D eigenvalue weighted by Gasteiger charge is -2.22. The van der Waals surface area contributed by atoms with Crippen LogP contribution in [0.3, 0.4) is 0 Å². The predicted octanol–water partition coefficient (Wildman–Crippen LogP) is 3.10. The van der Waals surface area contributed by atoms with Gasteiger partial charge in [0.15, 0.2) is 0 Å². The van der Waals surface area contributed by atoms with Crippen LogP contribution in [-0.4, -0.2) is 35.6 Å². The van der Waals surface area contributed by atoms with E-state index < -0.39 is 0 Å². The summed E-state index contributed by atoms with van der Waals surface area (Å²) in [5, 5.41) is 9.81. The maximum absolute atomic E-state index is 12.1. The minimum Gasteiger partial charge on any atom is -0.495 e. The summed E-state index contributed by atoms with van der Waals surface area (Å²) in [6.45, 7) is 1.52. The van der Waals surface area contributed by atoms with E-state index in [0.717, 1.165) is 19.4 Å². The van der Waals surface area contributed by atoms with E-state index in [2.05, 4.69) is 15.7 Å². The molecule has 0 aliphatic carbocycles. The molecule has 1 aliphatic rings. The number of hydrogen-bond acceptors (Lipinski definition) is 4. The summed E-state index contributed by atoms with van der Waals surface area (Å²) in [6.07, 6.45) is 7.01. The Kier molecular flexibility index (Phi) is 5.32. The summed E-state index contributed by atoms with van der Waals surface area (Å²) in [7, 11) is 1.57. The Hall–Kier alpha value is -2.54. The van der Waals surface area contributed by atoms with Crippen molar-refractivity contribution in [2.75, 3.05) is 24.4 Å². The second-order valence-corrected chi connectivity index (χ2v) is 5.72. The molecule has 7 heteroatoms. The molecular formula is C17H22N4O3. The Morgan fingerprint density at radius 2 is 2.25 bits per heavy atom. The van der Waals surface area contributed by atoms with Crippen LogP contribution in [0.2, 0.25) is 0 Å². The molecule has 0 radical (unpaired) electrons. The molecule has 1 unspecified atom stereocenters. The molecule has 3 rings (SSSR count). The lowest BCUT2D eigenvalue weighted by atomic mass is 10.1. The number of anilines is 2. The first-order valence-corrected chi connectivity index (χ1v) is 8.09. The van der Waals surface area contributed by atoms with Crippen LogP contribution in [0.15, 0.2) is 36.7 Å². The van der Waals surface area contributed by atoms with E-state index in [1.807, 2.05) is 12.1 Å². The molecule has 1 aromatic carbocycles. The molecule has 0 bridgehead atoms. The van der Waals surface area contributed by atoms with Crippen molar-refractivity contribution in [3.63, 3.8) is 0 Å². The van der Waals surface area contributed by atoms with Gasteiger partial charge in [0.25, 0.3) is 0 Å². The molecule has 1 fully saturated rings. The summed E-state index contributed by atoms with van der Waals surface area (Å²) in [5.41, 5.74) is 1.25. The molecule has 1 aliphatic heterocycles. The summed E-state index contributed by atoms with van der Waals surface area (Å²) < 4.78 is 12.7. The SMILES string of the molecule is COc1ccccc1NC(=O)Nc1cnn(CC2CCCCO2)c1. The van der Waals surface area contributed by atoms with Gasteiger partial charge in [0.05, 0.1) is 37.3 Å². The number of para-hydroxylation sites is 2. The van der Waals surface area contributed by atoms with E-state index in [0.29, 0.717) is 23.7 Å². The first kappa shape index (κ1) is 16.3. The lowest BCUT2D eigenvalue weighted by molar-refractivity contribution is 0.00401. The highest BCUT2D eigenvalue weighted by atomic mass is 16.5. The Morgan fingerprint density at radius 3 is 3.04 bits per heavy atom. The third-order valence-electron chi connectivity index (χ3n) is 3.91. The van der Waals surface area contributed by atoms with E-state index in [9.17, 15) is 4.79 Å². The van der Waals surface area contributed by atoms with Crippen molar-refractivity contribution in [2.45, 2.75) is 31.9 Å². The van der Waals surface area contributed by atoms with Gasteiger partial charge in [0, 0.05) is 12.8 Å². The van der Waals surface area contributed by atoms with Gasteiger partial charge in [0.1, 0.15) is 5.75 Å². The molecule has 2 amide bonds. The Morgan fingerprint density at radius 1 is 1.38 bits per heavy atom. The number of carbonyl (C=O) groups is 1. The Balaban J connectivity index is 1.55. The normalized spacial score (nSPS) is 17.3. The van der Waals surface area contributed by atoms with Gasteiger partial charge in [-0.3, -0.25) is 4.68 Å². The molecular weight excluding hydrogens is 308 g/mol. The van der Waals surface area contributed by atoms with Gasteiger partial charge in [-0.25, -0.2) is 4.79 Å². The van der Waals surface area contributed by atoms with E-state index in [-0.39, 0.29) is 12.1 Å². The number of aromatic nitrogens is 2. The zero-order valence-electron chi connectivity index (χ0n) is 13.7. The molecule has 2 heterocycles. The zero-order chi connectivity index (χ0) is 16.8. The summed E-state index contributed by atoms with van der Waals surface area (Å²) in [4.78, 5) is 12.1. The third kappa shape index (κ3) is 4.26. The molecule has 1 aromatic heterocycles. The van der Waals surface area contributed by atoms with Gasteiger partial charge in [-0.1, -0.05) is 12.1 Å². The van der Waals surface area contributed by atoms with Crippen LogP contribution >= 0.6 is 0 Å². The molecule has 128 valence electrons. The van der Waals surface area contributed by atoms with Gasteiger partial charge in [-0.15, -0.1) is 0 Å². The van der Waals surface area contributed by atoms with E-state index >= 15 is 0 Å². The first-order chi connectivity index (χ1) is 11.7. The van der Waals surface area contributed by atoms with E-state index in [4.69, 9.17) is 9.47 Å². The second-order valence-electron chi connectivity index (χ2n) is 5.72. The molecule has 1 saturated heterocycles. The quantitative estimate of drug-likeness (QED) is 0.883. The number of urea groups is 1. The summed E-state index contributed by atoms with van der Waals surface area (Å²) in [5.74, 6) is 0.609. The first-order valence-electron chi connectivity index (χ1n) is 8.09. The van der Waals surface area contributed by atoms with Crippen LogP contribution in [0.25, 0.3) is 0 Å². The number of hydrogen-bond donors (Lipinski definition) is 2. The van der Waals surface area contributed by atoms with Crippen molar-refractivity contribution in [1.29, 1.82) is 0 Å². The monoisotopic (exact) mass is 330 g/mol. The number of ether oxygens (including phenoxy) is 2. The van der Waals surface area contributed by atoms with Crippen LogP contribution in [0.1, 0.15) is 19.3 Å². The van der Waals surface area contributed by atoms with Gasteiger partial charge >= 0.3 is 6.03 Å². The van der Waals surface area contributed by atoms with Gasteiger partial charge in [-0.2, -0.15) is 5.10 Å². The number of nitrogens with one attached hydrogen (secondary N) is 2. The molecule has 24 heavy (non-hydrogen) atoms. The second kappa shape index (κ2) is 7.83. The number of amides is 2. The van der Waals surface area contributed by atoms with Gasteiger partial charge in [-0.05, 0) is 31.4 Å². The van der Waals surface area contributed by atoms with Crippen molar-refractivity contribution in [2.24, 2.45) is 0 Å². The average molecular weight is 330 g/mol. The number of carbonyl (C=O) groups excluding carboxylic acids is 1. The highest BCUT2D eigenvalue weighted by molar-refractivity contribution is 6.00. The van der Waals surface area contributed by atoms with Crippen LogP contribution < -0.4 is 15.4 Å². The fourth-order valence-corrected chi connectivity index (χ4v) is 2.72. The number of benzene rings is 1. The third-order valence-corrected chi connectivity index (χ3v) is 3.91. The highest BCUT2D eigenvalue weighted by Gasteiger charge is 2.15. The number of rotatable bonds is 5. The Bertz CT molecular complexity index is 680. The van der Waals surface area contributed by atoms with Crippen molar-refractivity contribution >= 4 is 17.4 Å². The predicted molar refractivity (Wildman–Crippen MR) is 91.5 cm³/mol. The number of methoxy groups -OCH3 is 1. The molecule has 0 spiro atoms. The average Bonchev–Trinajstić information content (AvgIpc) is 3.03. The molecule has 0 saturated carbocycles. The minimum atomic E-state index is -0.340. The number of nitrogens with zero attached hydrogens (tertiary/aromatic N) is 2. The highest BCUT2D eigenvalue weighted by Crippen LogP contribution is 2.23. The van der Waals surface area contributed by atoms with Crippen LogP contribution in [0.4, 0.5) is 16.2 Å². The molecule has 2 aromatic rings. The zero-order valence-corrected chi connectivity index (χ0v) is 13.7. The van der Waals surface area contributed by atoms with Crippen LogP contribution in [-0.2, 0) is 11.3 Å². The van der Waals surface area contributed by atoms with Crippen LogP contribution in [0, 0.1) is 0 Å². The van der Waals surface area contributed by atoms with Crippen molar-refractivity contribution in [3.8, 4) is 5.75 Å². The Labute approximate surface area is 140 Å². The van der Waals surface area contributed by atoms with Crippen molar-refractivity contribution in [1.82, 2.24) is 9.78 Å². The fraction of sp³-hybridized carbons (Fsp3) is 0.412. The topological polar surface area (TPSA) is 77.4 Å². The van der Waals surface area contributed by atoms with Crippen molar-refractivity contribution in [3.05, 3.63) is 36.7 Å². The fourth-order valence-electron chi connectivity index (χ4n) is 2.72. The van der Waals surface area contributed by atoms with E-state index in [1.54, 1.807) is 36.3 Å². The van der Waals surface area contributed by atoms with Crippen molar-refractivity contribution < 1.29 is 14.3 Å². The van der Waals surface area contributed by atoms with E-state index in [1.165, 1.54) is 6.42 Å².